The molecule has 1 aliphatic rings. The van der Waals surface area contributed by atoms with Gasteiger partial charge in [0.15, 0.2) is 5.79 Å². The molecule has 2 aromatic carbocycles. The maximum Gasteiger partial charge on any atom is 0.196 e. The molecule has 0 radical (unpaired) electrons. The predicted molar refractivity (Wildman–Crippen MR) is 84.4 cm³/mol. The molecule has 0 spiro atoms. The highest BCUT2D eigenvalue weighted by molar-refractivity contribution is 6.30. The van der Waals surface area contributed by atoms with Crippen LogP contribution in [0.25, 0.3) is 0 Å². The van der Waals surface area contributed by atoms with Gasteiger partial charge in [-0.3, -0.25) is 0 Å². The summed E-state index contributed by atoms with van der Waals surface area (Å²) >= 11 is 5.96. The van der Waals surface area contributed by atoms with E-state index in [9.17, 15) is 5.26 Å². The second-order valence-corrected chi connectivity index (χ2v) is 5.69. The predicted octanol–water partition coefficient (Wildman–Crippen LogP) is 4.24. The van der Waals surface area contributed by atoms with Crippen LogP contribution in [0.5, 0.6) is 0 Å². The number of nitriles is 1. The molecule has 3 rings (SSSR count). The van der Waals surface area contributed by atoms with E-state index in [4.69, 9.17) is 21.1 Å². The molecule has 2 aromatic rings. The molecule has 0 amide bonds. The van der Waals surface area contributed by atoms with Crippen molar-refractivity contribution in [3.63, 3.8) is 0 Å². The highest BCUT2D eigenvalue weighted by atomic mass is 35.5. The van der Waals surface area contributed by atoms with Crippen molar-refractivity contribution in [1.82, 2.24) is 0 Å². The van der Waals surface area contributed by atoms with Crippen LogP contribution in [0, 0.1) is 11.3 Å². The molecule has 1 heterocycles. The lowest BCUT2D eigenvalue weighted by Crippen LogP contribution is -2.29. The van der Waals surface area contributed by atoms with E-state index in [-0.39, 0.29) is 5.92 Å². The maximum atomic E-state index is 9.56. The molecule has 0 aliphatic carbocycles. The third-order valence-electron chi connectivity index (χ3n) is 3.87. The minimum Gasteiger partial charge on any atom is -0.343 e. The molecule has 1 saturated heterocycles. The van der Waals surface area contributed by atoms with Gasteiger partial charge >= 0.3 is 0 Å². The number of rotatable bonds is 4. The van der Waals surface area contributed by atoms with Crippen molar-refractivity contribution in [2.45, 2.75) is 18.1 Å². The van der Waals surface area contributed by atoms with Gasteiger partial charge in [0.05, 0.1) is 25.2 Å². The summed E-state index contributed by atoms with van der Waals surface area (Å²) in [5.41, 5.74) is 1.86. The Morgan fingerprint density at radius 1 is 1.05 bits per heavy atom. The number of hydrogen-bond donors (Lipinski definition) is 0. The minimum atomic E-state index is -0.874. The average Bonchev–Trinajstić information content (AvgIpc) is 3.04. The van der Waals surface area contributed by atoms with Gasteiger partial charge in [-0.25, -0.2) is 0 Å². The molecule has 1 fully saturated rings. The lowest BCUT2D eigenvalue weighted by molar-refractivity contribution is -0.172. The molecule has 0 aromatic heterocycles. The summed E-state index contributed by atoms with van der Waals surface area (Å²) in [4.78, 5) is 0. The van der Waals surface area contributed by atoms with Crippen LogP contribution < -0.4 is 0 Å². The highest BCUT2D eigenvalue weighted by Gasteiger charge is 2.41. The molecule has 0 saturated carbocycles. The van der Waals surface area contributed by atoms with E-state index in [0.29, 0.717) is 24.7 Å². The molecule has 3 nitrogen and oxygen atoms in total. The van der Waals surface area contributed by atoms with Gasteiger partial charge in [0, 0.05) is 17.0 Å². The lowest BCUT2D eigenvalue weighted by atomic mass is 9.89. The second-order valence-electron chi connectivity index (χ2n) is 5.25. The first kappa shape index (κ1) is 15.1. The zero-order chi connectivity index (χ0) is 15.4. The van der Waals surface area contributed by atoms with Crippen LogP contribution in [0.4, 0.5) is 0 Å². The minimum absolute atomic E-state index is 0.296. The first-order chi connectivity index (χ1) is 10.7. The van der Waals surface area contributed by atoms with E-state index in [1.807, 2.05) is 54.6 Å². The zero-order valence-electron chi connectivity index (χ0n) is 12.0. The number of benzene rings is 2. The van der Waals surface area contributed by atoms with Crippen LogP contribution in [0.3, 0.4) is 0 Å². The SMILES string of the molecule is N#CC(CC1(c2ccc(Cl)cc2)OCCO1)c1ccccc1. The van der Waals surface area contributed by atoms with E-state index in [1.54, 1.807) is 0 Å². The summed E-state index contributed by atoms with van der Waals surface area (Å²) in [7, 11) is 0. The van der Waals surface area contributed by atoms with Crippen LogP contribution in [0.15, 0.2) is 54.6 Å². The Morgan fingerprint density at radius 2 is 1.68 bits per heavy atom. The maximum absolute atomic E-state index is 9.56. The van der Waals surface area contributed by atoms with Gasteiger partial charge in [-0.15, -0.1) is 0 Å². The van der Waals surface area contributed by atoms with E-state index in [1.165, 1.54) is 0 Å². The summed E-state index contributed by atoms with van der Waals surface area (Å²) < 4.78 is 11.8. The van der Waals surface area contributed by atoms with E-state index >= 15 is 0 Å². The van der Waals surface area contributed by atoms with Gasteiger partial charge < -0.3 is 9.47 Å². The Bertz CT molecular complexity index is 658. The first-order valence-electron chi connectivity index (χ1n) is 7.22. The van der Waals surface area contributed by atoms with Gasteiger partial charge in [0.25, 0.3) is 0 Å². The Balaban J connectivity index is 1.91. The summed E-state index contributed by atoms with van der Waals surface area (Å²) in [6, 6.07) is 19.5. The van der Waals surface area contributed by atoms with Crippen molar-refractivity contribution < 1.29 is 9.47 Å². The first-order valence-corrected chi connectivity index (χ1v) is 7.60. The fourth-order valence-corrected chi connectivity index (χ4v) is 2.88. The van der Waals surface area contributed by atoms with Crippen molar-refractivity contribution in [3.05, 3.63) is 70.7 Å². The normalized spacial score (nSPS) is 17.8. The average molecular weight is 314 g/mol. The van der Waals surface area contributed by atoms with Crippen LogP contribution in [-0.2, 0) is 15.3 Å². The summed E-state index contributed by atoms with van der Waals surface area (Å²) in [6.45, 7) is 1.05. The Kier molecular flexibility index (Phi) is 4.44. The molecule has 4 heteroatoms. The van der Waals surface area contributed by atoms with Crippen LogP contribution in [0.2, 0.25) is 5.02 Å². The van der Waals surface area contributed by atoms with Crippen LogP contribution >= 0.6 is 11.6 Å². The molecule has 1 unspecified atom stereocenters. The summed E-state index contributed by atoms with van der Waals surface area (Å²) in [5, 5.41) is 10.2. The molecule has 1 aliphatic heterocycles. The van der Waals surface area contributed by atoms with Gasteiger partial charge in [0.1, 0.15) is 0 Å². The quantitative estimate of drug-likeness (QED) is 0.848. The molecule has 22 heavy (non-hydrogen) atoms. The Hall–Kier alpha value is -1.86. The standard InChI is InChI=1S/C18H16ClNO2/c19-17-8-6-16(7-9-17)18(21-10-11-22-18)12-15(13-20)14-4-2-1-3-5-14/h1-9,15H,10-12H2. The van der Waals surface area contributed by atoms with Crippen LogP contribution in [0.1, 0.15) is 23.5 Å². The van der Waals surface area contributed by atoms with Crippen molar-refractivity contribution in [1.29, 1.82) is 5.26 Å². The lowest BCUT2D eigenvalue weighted by Gasteiger charge is -2.30. The van der Waals surface area contributed by atoms with Crippen molar-refractivity contribution >= 4 is 11.6 Å². The molecular formula is C18H16ClNO2. The van der Waals surface area contributed by atoms with Gasteiger partial charge in [0.2, 0.25) is 0 Å². The molecule has 0 N–H and O–H groups in total. The number of nitrogens with zero attached hydrogens (tertiary/aromatic N) is 1. The topological polar surface area (TPSA) is 42.2 Å². The summed E-state index contributed by atoms with van der Waals surface area (Å²) in [5.74, 6) is -1.17. The molecular weight excluding hydrogens is 298 g/mol. The van der Waals surface area contributed by atoms with Crippen molar-refractivity contribution in [2.24, 2.45) is 0 Å². The fraction of sp³-hybridized carbons (Fsp3) is 0.278. The van der Waals surface area contributed by atoms with E-state index in [0.717, 1.165) is 11.1 Å². The monoisotopic (exact) mass is 313 g/mol. The van der Waals surface area contributed by atoms with Gasteiger partial charge in [-0.1, -0.05) is 54.1 Å². The second kappa shape index (κ2) is 6.50. The third-order valence-corrected chi connectivity index (χ3v) is 4.12. The summed E-state index contributed by atoms with van der Waals surface area (Å²) in [6.07, 6.45) is 0.454. The number of halogens is 1. The fourth-order valence-electron chi connectivity index (χ4n) is 2.75. The number of hydrogen-bond acceptors (Lipinski definition) is 3. The largest absolute Gasteiger partial charge is 0.343 e. The van der Waals surface area contributed by atoms with Crippen molar-refractivity contribution in [3.8, 4) is 6.07 Å². The highest BCUT2D eigenvalue weighted by Crippen LogP contribution is 2.40. The smallest absolute Gasteiger partial charge is 0.196 e. The molecule has 0 bridgehead atoms. The van der Waals surface area contributed by atoms with Crippen molar-refractivity contribution in [2.75, 3.05) is 13.2 Å². The molecule has 112 valence electrons. The Labute approximate surface area is 135 Å². The van der Waals surface area contributed by atoms with E-state index < -0.39 is 5.79 Å². The van der Waals surface area contributed by atoms with Crippen LogP contribution in [-0.4, -0.2) is 13.2 Å². The van der Waals surface area contributed by atoms with E-state index in [2.05, 4.69) is 6.07 Å². The Morgan fingerprint density at radius 3 is 2.27 bits per heavy atom. The van der Waals surface area contributed by atoms with Gasteiger partial charge in [-0.2, -0.15) is 5.26 Å². The zero-order valence-corrected chi connectivity index (χ0v) is 12.8. The number of ether oxygens (including phenoxy) is 2. The van der Waals surface area contributed by atoms with Gasteiger partial charge in [-0.05, 0) is 17.7 Å². The molecule has 1 atom stereocenters. The third kappa shape index (κ3) is 3.00.